The van der Waals surface area contributed by atoms with E-state index in [1.807, 2.05) is 18.2 Å². The first-order chi connectivity index (χ1) is 3.00. The van der Waals surface area contributed by atoms with Gasteiger partial charge in [-0.2, -0.15) is 0 Å². The molecule has 1 heterocycles. The van der Waals surface area contributed by atoms with Crippen LogP contribution in [0.1, 0.15) is 0 Å². The Labute approximate surface area is 102 Å². The van der Waals surface area contributed by atoms with E-state index in [1.54, 1.807) is 12.4 Å². The summed E-state index contributed by atoms with van der Waals surface area (Å²) >= 11 is 0. The zero-order chi connectivity index (χ0) is 4.24. The molecule has 0 fully saturated rings. The third kappa shape index (κ3) is 18.1. The molecule has 0 atom stereocenters. The number of hydrogen-bond donors (Lipinski definition) is 0. The van der Waals surface area contributed by atoms with Crippen LogP contribution in [-0.4, -0.2) is 4.98 Å². The number of rotatable bonds is 0. The summed E-state index contributed by atoms with van der Waals surface area (Å²) in [5.74, 6) is 0. The maximum Gasteiger partial charge on any atom is 0.0267 e. The maximum absolute atomic E-state index is 3.78. The molecule has 0 aliphatic heterocycles. The van der Waals surface area contributed by atoms with E-state index in [0.29, 0.717) is 0 Å². The minimum atomic E-state index is 0. The van der Waals surface area contributed by atoms with Crippen LogP contribution in [0, 0.1) is 0 Å². The smallest absolute Gasteiger partial charge is 0.0267 e. The molecule has 0 aliphatic rings. The molecule has 0 saturated carbocycles. The average molecular weight is 276 g/mol. The van der Waals surface area contributed by atoms with E-state index in [9.17, 15) is 0 Å². The Morgan fingerprint density at radius 3 is 1.09 bits per heavy atom. The quantitative estimate of drug-likeness (QED) is 0.429. The van der Waals surface area contributed by atoms with Crippen LogP contribution >= 0.6 is 0 Å². The van der Waals surface area contributed by atoms with Crippen molar-refractivity contribution in [2.75, 3.05) is 0 Å². The summed E-state index contributed by atoms with van der Waals surface area (Å²) in [4.78, 5) is 3.78. The largest absolute Gasteiger partial charge is 1.00 e. The molecule has 1 aromatic rings. The molecule has 0 unspecified atom stereocenters. The molecule has 0 aliphatic carbocycles. The van der Waals surface area contributed by atoms with Crippen LogP contribution in [0.15, 0.2) is 30.6 Å². The van der Waals surface area contributed by atoms with Crippen molar-refractivity contribution < 1.29 is 66.7 Å². The van der Waals surface area contributed by atoms with Gasteiger partial charge in [-0.1, -0.05) is 6.07 Å². The van der Waals surface area contributed by atoms with Gasteiger partial charge in [0.1, 0.15) is 0 Å². The monoisotopic (exact) mass is 274 g/mol. The first kappa shape index (κ1) is 29.7. The van der Waals surface area contributed by atoms with Gasteiger partial charge in [0.2, 0.25) is 0 Å². The fraction of sp³-hybridized carbons (Fsp3) is 0. The molecule has 11 heavy (non-hydrogen) atoms. The first-order valence-electron chi connectivity index (χ1n) is 1.85. The normalized spacial score (nSPS) is 4.36. The molecule has 0 bridgehead atoms. The number of pyridine rings is 1. The van der Waals surface area contributed by atoms with Gasteiger partial charge in [0.05, 0.1) is 0 Å². The van der Waals surface area contributed by atoms with Crippen LogP contribution < -0.4 is 49.6 Å². The van der Waals surface area contributed by atoms with Crippen LogP contribution in [0.2, 0.25) is 0 Å². The van der Waals surface area contributed by atoms with Crippen molar-refractivity contribution in [1.29, 1.82) is 0 Å². The Balaban J connectivity index is -0.0000000240. The molecular weight excluding hydrogens is 271 g/mol. The van der Waals surface area contributed by atoms with E-state index in [0.717, 1.165) is 0 Å². The second-order valence-electron chi connectivity index (χ2n) is 1.02. The van der Waals surface area contributed by atoms with Gasteiger partial charge < -0.3 is 49.6 Å². The number of nitrogens with zero attached hydrogens (tertiary/aromatic N) is 1. The van der Waals surface area contributed by atoms with Gasteiger partial charge >= 0.3 is 0 Å². The number of halogens is 4. The fourth-order valence-electron chi connectivity index (χ4n) is 0.313. The predicted molar refractivity (Wildman–Crippen MR) is 24.2 cm³/mol. The Morgan fingerprint density at radius 1 is 0.636 bits per heavy atom. The fourth-order valence-corrected chi connectivity index (χ4v) is 0.313. The van der Waals surface area contributed by atoms with Crippen LogP contribution in [0.25, 0.3) is 0 Å². The summed E-state index contributed by atoms with van der Waals surface area (Å²) in [7, 11) is 0. The van der Waals surface area contributed by atoms with E-state index in [2.05, 4.69) is 4.98 Å². The van der Waals surface area contributed by atoms with Crippen LogP contribution in [0.4, 0.5) is 0 Å². The van der Waals surface area contributed by atoms with Gasteiger partial charge in [0.15, 0.2) is 0 Å². The predicted octanol–water partition coefficient (Wildman–Crippen LogP) is -10.9. The standard InChI is InChI=1S/C5H5N.4ClH.Mn/c1-2-4-6-5-3-1;;;;;/h1-5H;4*1H;/p-4. The molecule has 0 N–H and O–H groups in total. The number of aromatic nitrogens is 1. The van der Waals surface area contributed by atoms with E-state index in [1.165, 1.54) is 0 Å². The second-order valence-corrected chi connectivity index (χ2v) is 1.02. The van der Waals surface area contributed by atoms with Gasteiger partial charge in [0, 0.05) is 29.5 Å². The molecule has 1 nitrogen and oxygen atoms in total. The topological polar surface area (TPSA) is 12.9 Å². The zero-order valence-electron chi connectivity index (χ0n) is 5.22. The van der Waals surface area contributed by atoms with Gasteiger partial charge in [-0.3, -0.25) is 4.98 Å². The van der Waals surface area contributed by atoms with Crippen LogP contribution in [0.3, 0.4) is 0 Å². The summed E-state index contributed by atoms with van der Waals surface area (Å²) in [6.07, 6.45) is 3.50. The number of hydrogen-bond acceptors (Lipinski definition) is 1. The summed E-state index contributed by atoms with van der Waals surface area (Å²) < 4.78 is 0. The van der Waals surface area contributed by atoms with Gasteiger partial charge in [0.25, 0.3) is 0 Å². The Morgan fingerprint density at radius 2 is 1.00 bits per heavy atom. The van der Waals surface area contributed by atoms with Crippen molar-refractivity contribution in [2.45, 2.75) is 0 Å². The van der Waals surface area contributed by atoms with Crippen LogP contribution in [0.5, 0.6) is 0 Å². The van der Waals surface area contributed by atoms with E-state index in [-0.39, 0.29) is 66.7 Å². The van der Waals surface area contributed by atoms with Crippen molar-refractivity contribution >= 4 is 0 Å². The molecule has 6 heteroatoms. The third-order valence-electron chi connectivity index (χ3n) is 0.566. The molecule has 1 aromatic heterocycles. The van der Waals surface area contributed by atoms with E-state index >= 15 is 0 Å². The van der Waals surface area contributed by atoms with Crippen molar-refractivity contribution in [1.82, 2.24) is 4.98 Å². The van der Waals surface area contributed by atoms with Crippen molar-refractivity contribution in [3.8, 4) is 0 Å². The minimum Gasteiger partial charge on any atom is -1.00 e. The summed E-state index contributed by atoms with van der Waals surface area (Å²) in [6, 6.07) is 5.72. The van der Waals surface area contributed by atoms with E-state index < -0.39 is 0 Å². The molecule has 0 aromatic carbocycles. The molecule has 1 rings (SSSR count). The summed E-state index contributed by atoms with van der Waals surface area (Å²) in [5.41, 5.74) is 0. The maximum atomic E-state index is 3.78. The minimum absolute atomic E-state index is 0. The molecule has 0 saturated heterocycles. The van der Waals surface area contributed by atoms with Gasteiger partial charge in [-0.05, 0) is 12.1 Å². The van der Waals surface area contributed by atoms with Crippen molar-refractivity contribution in [2.24, 2.45) is 0 Å². The molecule has 1 radical (unpaired) electrons. The Hall–Kier alpha value is 0.829. The summed E-state index contributed by atoms with van der Waals surface area (Å²) in [6.45, 7) is 0. The Kier molecular flexibility index (Phi) is 60.7. The SMILES string of the molecule is [Cl-].[Cl-].[Cl-].[Cl-].[Mn].c1ccncc1. The zero-order valence-corrected chi connectivity index (χ0v) is 9.43. The molecule has 0 spiro atoms. The Bertz CT molecular complexity index is 90.4. The molecule has 69 valence electrons. The molecule has 0 amide bonds. The van der Waals surface area contributed by atoms with Crippen molar-refractivity contribution in [3.05, 3.63) is 30.6 Å². The second kappa shape index (κ2) is 22.4. The average Bonchev–Trinajstić information content (AvgIpc) is 1.72. The van der Waals surface area contributed by atoms with Crippen molar-refractivity contribution in [3.63, 3.8) is 0 Å². The van der Waals surface area contributed by atoms with Gasteiger partial charge in [-0.25, -0.2) is 0 Å². The van der Waals surface area contributed by atoms with Crippen LogP contribution in [-0.2, 0) is 17.1 Å². The third-order valence-corrected chi connectivity index (χ3v) is 0.566. The van der Waals surface area contributed by atoms with E-state index in [4.69, 9.17) is 0 Å². The molecular formula is C5H5Cl4MnN-4. The summed E-state index contributed by atoms with van der Waals surface area (Å²) in [5, 5.41) is 0. The van der Waals surface area contributed by atoms with Gasteiger partial charge in [-0.15, -0.1) is 0 Å². The first-order valence-corrected chi connectivity index (χ1v) is 1.85.